The molecule has 1 aromatic carbocycles. The van der Waals surface area contributed by atoms with Crippen molar-refractivity contribution < 1.29 is 23.4 Å². The molecule has 0 aliphatic carbocycles. The van der Waals surface area contributed by atoms with E-state index >= 15 is 0 Å². The summed E-state index contributed by atoms with van der Waals surface area (Å²) in [6.45, 7) is 2.25. The molecular formula is C20H23FN2O6. The second-order valence-electron chi connectivity index (χ2n) is 6.94. The van der Waals surface area contributed by atoms with Gasteiger partial charge in [-0.25, -0.2) is 4.79 Å². The molecule has 1 aliphatic rings. The van der Waals surface area contributed by atoms with E-state index in [-0.39, 0.29) is 12.2 Å². The van der Waals surface area contributed by atoms with Crippen LogP contribution in [0.15, 0.2) is 46.1 Å². The van der Waals surface area contributed by atoms with Crippen molar-refractivity contribution in [3.63, 3.8) is 0 Å². The van der Waals surface area contributed by atoms with Crippen LogP contribution in [-0.2, 0) is 25.6 Å². The van der Waals surface area contributed by atoms with Crippen molar-refractivity contribution in [3.8, 4) is 0 Å². The van der Waals surface area contributed by atoms with Crippen molar-refractivity contribution in [1.82, 2.24) is 9.55 Å². The van der Waals surface area contributed by atoms with E-state index in [2.05, 4.69) is 4.98 Å². The molecule has 1 fully saturated rings. The third-order valence-corrected chi connectivity index (χ3v) is 4.79. The van der Waals surface area contributed by atoms with E-state index in [1.165, 1.54) is 20.0 Å². The van der Waals surface area contributed by atoms with Gasteiger partial charge >= 0.3 is 11.7 Å². The van der Waals surface area contributed by atoms with Crippen LogP contribution in [0.1, 0.15) is 24.3 Å². The van der Waals surface area contributed by atoms with Crippen molar-refractivity contribution in [1.29, 1.82) is 0 Å². The molecular weight excluding hydrogens is 383 g/mol. The first-order chi connectivity index (χ1) is 13.9. The summed E-state index contributed by atoms with van der Waals surface area (Å²) >= 11 is 0. The minimum Gasteiger partial charge on any atom is -0.457 e. The van der Waals surface area contributed by atoms with Gasteiger partial charge in [0.2, 0.25) is 0 Å². The maximum absolute atomic E-state index is 13.9. The lowest BCUT2D eigenvalue weighted by molar-refractivity contribution is -0.154. The van der Waals surface area contributed by atoms with Gasteiger partial charge in [-0.1, -0.05) is 30.3 Å². The number of nitrogens with one attached hydrogen (secondary N) is 1. The number of hydrogen-bond acceptors (Lipinski definition) is 6. The molecule has 0 bridgehead atoms. The summed E-state index contributed by atoms with van der Waals surface area (Å²) in [7, 11) is 0. The van der Waals surface area contributed by atoms with Crippen molar-refractivity contribution in [2.75, 3.05) is 13.3 Å². The fourth-order valence-corrected chi connectivity index (χ4v) is 3.33. The number of esters is 1. The first kappa shape index (κ1) is 20.9. The van der Waals surface area contributed by atoms with Gasteiger partial charge in [0.25, 0.3) is 5.56 Å². The Kier molecular flexibility index (Phi) is 6.60. The molecule has 2 heterocycles. The number of ether oxygens (including phenoxy) is 3. The molecule has 0 saturated carbocycles. The van der Waals surface area contributed by atoms with Crippen molar-refractivity contribution in [2.45, 2.75) is 38.9 Å². The van der Waals surface area contributed by atoms with Crippen LogP contribution in [0.4, 0.5) is 4.39 Å². The summed E-state index contributed by atoms with van der Waals surface area (Å²) in [6.07, 6.45) is -1.54. The summed E-state index contributed by atoms with van der Waals surface area (Å²) in [4.78, 5) is 37.7. The van der Waals surface area contributed by atoms with Crippen LogP contribution in [0.2, 0.25) is 0 Å². The van der Waals surface area contributed by atoms with E-state index in [1.807, 2.05) is 30.3 Å². The number of hydrogen-bond donors (Lipinski definition) is 1. The van der Waals surface area contributed by atoms with Crippen molar-refractivity contribution >= 4 is 5.97 Å². The Bertz CT molecular complexity index is 957. The van der Waals surface area contributed by atoms with Gasteiger partial charge < -0.3 is 14.2 Å². The molecule has 156 valence electrons. The molecule has 0 spiro atoms. The van der Waals surface area contributed by atoms with Crippen LogP contribution in [-0.4, -0.2) is 41.0 Å². The van der Waals surface area contributed by atoms with Crippen LogP contribution in [0.3, 0.4) is 0 Å². The van der Waals surface area contributed by atoms with E-state index in [0.717, 1.165) is 10.1 Å². The first-order valence-corrected chi connectivity index (χ1v) is 9.23. The predicted octanol–water partition coefficient (Wildman–Crippen LogP) is 1.48. The number of nitrogens with zero attached hydrogens (tertiary/aromatic N) is 1. The van der Waals surface area contributed by atoms with E-state index in [9.17, 15) is 18.8 Å². The lowest BCUT2D eigenvalue weighted by Crippen LogP contribution is -2.39. The Hall–Kier alpha value is -2.78. The highest BCUT2D eigenvalue weighted by molar-refractivity contribution is 5.66. The zero-order valence-corrected chi connectivity index (χ0v) is 16.2. The first-order valence-electron chi connectivity index (χ1n) is 9.23. The molecule has 1 saturated heterocycles. The number of aromatic nitrogens is 2. The third kappa shape index (κ3) is 4.80. The van der Waals surface area contributed by atoms with E-state index < -0.39 is 48.2 Å². The Balaban J connectivity index is 1.82. The Morgan fingerprint density at radius 3 is 2.66 bits per heavy atom. The molecule has 29 heavy (non-hydrogen) atoms. The second-order valence-corrected chi connectivity index (χ2v) is 6.94. The molecule has 2 aromatic rings. The molecule has 0 amide bonds. The van der Waals surface area contributed by atoms with Crippen LogP contribution in [0.5, 0.6) is 0 Å². The quantitative estimate of drug-likeness (QED) is 0.699. The predicted molar refractivity (Wildman–Crippen MR) is 101 cm³/mol. The van der Waals surface area contributed by atoms with Crippen molar-refractivity contribution in [2.24, 2.45) is 5.92 Å². The molecule has 1 unspecified atom stereocenters. The number of benzene rings is 1. The summed E-state index contributed by atoms with van der Waals surface area (Å²) < 4.78 is 31.8. The summed E-state index contributed by atoms with van der Waals surface area (Å²) in [5.41, 5.74) is -0.0394. The van der Waals surface area contributed by atoms with E-state index in [4.69, 9.17) is 14.2 Å². The van der Waals surface area contributed by atoms with Gasteiger partial charge in [0.1, 0.15) is 0 Å². The molecule has 9 heteroatoms. The van der Waals surface area contributed by atoms with Gasteiger partial charge in [0.15, 0.2) is 12.3 Å². The largest absolute Gasteiger partial charge is 0.457 e. The average molecular weight is 406 g/mol. The summed E-state index contributed by atoms with van der Waals surface area (Å²) in [5, 5.41) is 0. The maximum atomic E-state index is 13.9. The van der Waals surface area contributed by atoms with Gasteiger partial charge in [0.05, 0.1) is 31.9 Å². The molecule has 0 radical (unpaired) electrons. The lowest BCUT2D eigenvalue weighted by Gasteiger charge is -2.22. The zero-order chi connectivity index (χ0) is 21.0. The smallest absolute Gasteiger partial charge is 0.330 e. The maximum Gasteiger partial charge on any atom is 0.330 e. The monoisotopic (exact) mass is 406 g/mol. The number of aromatic amines is 1. The van der Waals surface area contributed by atoms with Gasteiger partial charge in [-0.05, 0) is 12.5 Å². The number of aryl methyl sites for hydroxylation is 1. The minimum atomic E-state index is -1.08. The highest BCUT2D eigenvalue weighted by Gasteiger charge is 2.48. The molecule has 1 aliphatic heterocycles. The van der Waals surface area contributed by atoms with Crippen LogP contribution in [0.25, 0.3) is 0 Å². The fraction of sp³-hybridized carbons (Fsp3) is 0.450. The standard InChI is InChI=1S/C20H23FN2O6/c1-12-9-23(20(26)22-18(12)25)19-17(28-13(2)24)15(8-21)16(29-19)11-27-10-14-6-4-3-5-7-14/h3-7,9,15-17,19H,8,10-11H2,1-2H3,(H,22,25,26)/t15-,16-,17-,19?/m1/s1. The number of alkyl halides is 1. The number of rotatable bonds is 7. The second kappa shape index (κ2) is 9.15. The van der Waals surface area contributed by atoms with Gasteiger partial charge in [0, 0.05) is 18.7 Å². The average Bonchev–Trinajstić information content (AvgIpc) is 3.02. The van der Waals surface area contributed by atoms with Gasteiger partial charge in [-0.2, -0.15) is 0 Å². The van der Waals surface area contributed by atoms with Gasteiger partial charge in [-0.3, -0.25) is 23.5 Å². The Morgan fingerprint density at radius 1 is 1.28 bits per heavy atom. The summed E-state index contributed by atoms with van der Waals surface area (Å²) in [6, 6.07) is 9.45. The fourth-order valence-electron chi connectivity index (χ4n) is 3.33. The Labute approximate surface area is 166 Å². The number of halogens is 1. The highest BCUT2D eigenvalue weighted by atomic mass is 19.1. The van der Waals surface area contributed by atoms with Crippen LogP contribution >= 0.6 is 0 Å². The van der Waals surface area contributed by atoms with Gasteiger partial charge in [-0.15, -0.1) is 0 Å². The number of carbonyl (C=O) groups excluding carboxylic acids is 1. The minimum absolute atomic E-state index is 0.0504. The molecule has 8 nitrogen and oxygen atoms in total. The molecule has 1 aromatic heterocycles. The SMILES string of the molecule is CC(=O)O[C@H]1C(n2cc(C)c(=O)[nH]c2=O)O[C@H](COCc2ccccc2)[C@H]1CF. The normalized spacial score (nSPS) is 23.8. The topological polar surface area (TPSA) is 99.6 Å². The summed E-state index contributed by atoms with van der Waals surface area (Å²) in [5.74, 6) is -1.44. The zero-order valence-electron chi connectivity index (χ0n) is 16.2. The third-order valence-electron chi connectivity index (χ3n) is 4.79. The van der Waals surface area contributed by atoms with Crippen molar-refractivity contribution in [3.05, 3.63) is 68.5 Å². The van der Waals surface area contributed by atoms with E-state index in [0.29, 0.717) is 6.61 Å². The molecule has 4 atom stereocenters. The Morgan fingerprint density at radius 2 is 2.00 bits per heavy atom. The number of carbonyl (C=O) groups is 1. The van der Waals surface area contributed by atoms with Crippen LogP contribution < -0.4 is 11.2 Å². The molecule has 1 N–H and O–H groups in total. The lowest BCUT2D eigenvalue weighted by atomic mass is 9.99. The molecule has 3 rings (SSSR count). The van der Waals surface area contributed by atoms with Crippen LogP contribution in [0, 0.1) is 12.8 Å². The van der Waals surface area contributed by atoms with E-state index in [1.54, 1.807) is 0 Å². The highest BCUT2D eigenvalue weighted by Crippen LogP contribution is 2.36. The number of H-pyrrole nitrogens is 1.